The summed E-state index contributed by atoms with van der Waals surface area (Å²) >= 11 is 10.5. The third kappa shape index (κ3) is 4.81. The van der Waals surface area contributed by atoms with Crippen LogP contribution in [0.25, 0.3) is 0 Å². The van der Waals surface area contributed by atoms with Crippen LogP contribution in [-0.4, -0.2) is 17.8 Å². The lowest BCUT2D eigenvalue weighted by Crippen LogP contribution is -1.95. The van der Waals surface area contributed by atoms with Gasteiger partial charge in [-0.3, -0.25) is 4.57 Å². The summed E-state index contributed by atoms with van der Waals surface area (Å²) in [7, 11) is -3.00. The molecule has 0 bridgehead atoms. The third-order valence-electron chi connectivity index (χ3n) is 0.821. The fourth-order valence-corrected chi connectivity index (χ4v) is 2.05. The third-order valence-corrected chi connectivity index (χ3v) is 4.33. The van der Waals surface area contributed by atoms with Crippen LogP contribution in [0.15, 0.2) is 12.4 Å². The van der Waals surface area contributed by atoms with Gasteiger partial charge in [0.15, 0.2) is 0 Å². The van der Waals surface area contributed by atoms with Crippen LogP contribution >= 0.6 is 30.6 Å². The summed E-state index contributed by atoms with van der Waals surface area (Å²) in [4.78, 5) is 0. The van der Waals surface area contributed by atoms with Gasteiger partial charge in [0.25, 0.3) is 0 Å². The van der Waals surface area contributed by atoms with Gasteiger partial charge in [-0.15, -0.1) is 23.2 Å². The highest BCUT2D eigenvalue weighted by atomic mass is 35.5. The minimum atomic E-state index is -3.00. The summed E-state index contributed by atoms with van der Waals surface area (Å²) in [6.07, 6.45) is 0. The second-order valence-electron chi connectivity index (χ2n) is 1.84. The molecule has 0 aromatic carbocycles. The van der Waals surface area contributed by atoms with Gasteiger partial charge in [0, 0.05) is 0 Å². The van der Waals surface area contributed by atoms with Gasteiger partial charge in [0.05, 0.1) is 0 Å². The molecule has 11 heavy (non-hydrogen) atoms. The molecule has 0 saturated heterocycles. The van der Waals surface area contributed by atoms with Gasteiger partial charge < -0.3 is 4.52 Å². The van der Waals surface area contributed by atoms with Crippen LogP contribution < -0.4 is 0 Å². The van der Waals surface area contributed by atoms with Gasteiger partial charge in [0.2, 0.25) is 7.37 Å². The summed E-state index contributed by atoms with van der Waals surface area (Å²) in [6, 6.07) is 0. The summed E-state index contributed by atoms with van der Waals surface area (Å²) in [5.41, 5.74) is -0.409. The highest BCUT2D eigenvalue weighted by molar-refractivity contribution is 7.62. The van der Waals surface area contributed by atoms with E-state index in [0.29, 0.717) is 0 Å². The molecule has 0 atom stereocenters. The smallest absolute Gasteiger partial charge is 0.232 e. The van der Waals surface area contributed by atoms with Crippen LogP contribution in [0.4, 0.5) is 4.39 Å². The summed E-state index contributed by atoms with van der Waals surface area (Å²) < 4.78 is 27.7. The van der Waals surface area contributed by atoms with Crippen molar-refractivity contribution < 1.29 is 13.5 Å². The molecule has 0 aromatic rings. The predicted molar refractivity (Wildman–Crippen MR) is 45.2 cm³/mol. The first-order valence-electron chi connectivity index (χ1n) is 2.72. The molecule has 0 rings (SSSR count). The maximum Gasteiger partial charge on any atom is 0.232 e. The Morgan fingerprint density at radius 1 is 1.55 bits per heavy atom. The first-order chi connectivity index (χ1) is 5.04. The molecule has 0 saturated carbocycles. The van der Waals surface area contributed by atoms with Gasteiger partial charge in [-0.2, -0.15) is 0 Å². The molecule has 0 aliphatic rings. The molecule has 0 aliphatic heterocycles. The van der Waals surface area contributed by atoms with Crippen molar-refractivity contribution in [3.8, 4) is 0 Å². The number of hydrogen-bond donors (Lipinski definition) is 0. The molecule has 0 aromatic heterocycles. The second-order valence-corrected chi connectivity index (χ2v) is 5.64. The maximum atomic E-state index is 12.0. The van der Waals surface area contributed by atoms with Crippen molar-refractivity contribution in [1.29, 1.82) is 0 Å². The Labute approximate surface area is 74.8 Å². The van der Waals surface area contributed by atoms with Crippen LogP contribution in [0.1, 0.15) is 0 Å². The van der Waals surface area contributed by atoms with E-state index in [9.17, 15) is 8.96 Å². The van der Waals surface area contributed by atoms with Crippen molar-refractivity contribution in [2.24, 2.45) is 0 Å². The standard InChI is InChI=1S/C5H8Cl2FO2P/c1-5(8)2-10-11(9,3-6)4-7/h1-4H2. The molecule has 0 N–H and O–H groups in total. The van der Waals surface area contributed by atoms with Gasteiger partial charge in [-0.25, -0.2) is 4.39 Å². The minimum absolute atomic E-state index is 0.205. The topological polar surface area (TPSA) is 26.3 Å². The Bertz CT molecular complexity index is 177. The Hall–Kier alpha value is 0.440. The number of rotatable bonds is 5. The van der Waals surface area contributed by atoms with Crippen LogP contribution in [0, 0.1) is 0 Å². The van der Waals surface area contributed by atoms with E-state index >= 15 is 0 Å². The molecular weight excluding hydrogens is 213 g/mol. The molecule has 0 radical (unpaired) electrons. The molecule has 0 fully saturated rings. The average Bonchev–Trinajstić information content (AvgIpc) is 2.00. The van der Waals surface area contributed by atoms with Gasteiger partial charge >= 0.3 is 0 Å². The fourth-order valence-electron chi connectivity index (χ4n) is 0.289. The van der Waals surface area contributed by atoms with Crippen LogP contribution in [0.3, 0.4) is 0 Å². The lowest BCUT2D eigenvalue weighted by Gasteiger charge is -2.10. The number of alkyl halides is 2. The Kier molecular flexibility index (Phi) is 5.36. The van der Waals surface area contributed by atoms with E-state index in [2.05, 4.69) is 11.1 Å². The molecular formula is C5H8Cl2FO2P. The molecule has 0 unspecified atom stereocenters. The van der Waals surface area contributed by atoms with E-state index in [0.717, 1.165) is 0 Å². The van der Waals surface area contributed by atoms with Crippen molar-refractivity contribution in [2.75, 3.05) is 17.8 Å². The normalized spacial score (nSPS) is 11.5. The van der Waals surface area contributed by atoms with Crippen LogP contribution in [0.5, 0.6) is 0 Å². The molecule has 0 aliphatic carbocycles. The molecule has 66 valence electrons. The Balaban J connectivity index is 3.89. The van der Waals surface area contributed by atoms with Crippen molar-refractivity contribution in [2.45, 2.75) is 0 Å². The van der Waals surface area contributed by atoms with E-state index in [4.69, 9.17) is 23.2 Å². The van der Waals surface area contributed by atoms with Gasteiger partial charge in [-0.05, 0) is 0 Å². The lowest BCUT2D eigenvalue weighted by molar-refractivity contribution is 0.320. The molecule has 6 heteroatoms. The first-order valence-corrected chi connectivity index (χ1v) is 5.78. The zero-order chi connectivity index (χ0) is 8.91. The largest absolute Gasteiger partial charge is 0.320 e. The van der Waals surface area contributed by atoms with Crippen LogP contribution in [-0.2, 0) is 9.09 Å². The van der Waals surface area contributed by atoms with Gasteiger partial charge in [0.1, 0.15) is 23.7 Å². The predicted octanol–water partition coefficient (Wildman–Crippen LogP) is 3.16. The number of halogens is 3. The average molecular weight is 221 g/mol. The van der Waals surface area contributed by atoms with Crippen molar-refractivity contribution >= 4 is 30.6 Å². The SMILES string of the molecule is C=C(F)COP(=O)(CCl)CCl. The summed E-state index contributed by atoms with van der Waals surface area (Å²) in [6.45, 7) is 2.52. The first kappa shape index (κ1) is 11.4. The zero-order valence-corrected chi connectivity index (χ0v) is 8.13. The number of hydrogen-bond acceptors (Lipinski definition) is 2. The van der Waals surface area contributed by atoms with E-state index in [1.165, 1.54) is 0 Å². The quantitative estimate of drug-likeness (QED) is 0.526. The lowest BCUT2D eigenvalue weighted by atomic mass is 10.7. The van der Waals surface area contributed by atoms with Gasteiger partial charge in [-0.1, -0.05) is 6.58 Å². The fraction of sp³-hybridized carbons (Fsp3) is 0.600. The highest BCUT2D eigenvalue weighted by Gasteiger charge is 2.20. The van der Waals surface area contributed by atoms with E-state index < -0.39 is 19.8 Å². The zero-order valence-electron chi connectivity index (χ0n) is 5.73. The summed E-state index contributed by atoms with van der Waals surface area (Å²) in [5.74, 6) is -0.694. The van der Waals surface area contributed by atoms with Crippen molar-refractivity contribution in [3.05, 3.63) is 12.4 Å². The highest BCUT2D eigenvalue weighted by Crippen LogP contribution is 2.48. The minimum Gasteiger partial charge on any atom is -0.320 e. The Morgan fingerprint density at radius 3 is 2.27 bits per heavy atom. The Morgan fingerprint density at radius 2 is 2.00 bits per heavy atom. The molecule has 0 spiro atoms. The maximum absolute atomic E-state index is 12.0. The van der Waals surface area contributed by atoms with E-state index in [1.54, 1.807) is 0 Å². The second kappa shape index (κ2) is 5.15. The monoisotopic (exact) mass is 220 g/mol. The molecule has 0 amide bonds. The van der Waals surface area contributed by atoms with E-state index in [1.807, 2.05) is 0 Å². The summed E-state index contributed by atoms with van der Waals surface area (Å²) in [5, 5.41) is 0. The molecule has 2 nitrogen and oxygen atoms in total. The van der Waals surface area contributed by atoms with Crippen LogP contribution in [0.2, 0.25) is 0 Å². The van der Waals surface area contributed by atoms with Crippen molar-refractivity contribution in [1.82, 2.24) is 0 Å². The van der Waals surface area contributed by atoms with Crippen molar-refractivity contribution in [3.63, 3.8) is 0 Å². The molecule has 0 heterocycles. The van der Waals surface area contributed by atoms with E-state index in [-0.39, 0.29) is 11.2 Å².